The van der Waals surface area contributed by atoms with E-state index < -0.39 is 46.6 Å². The van der Waals surface area contributed by atoms with E-state index in [0.717, 1.165) is 13.0 Å². The van der Waals surface area contributed by atoms with Crippen molar-refractivity contribution in [3.05, 3.63) is 0 Å². The van der Waals surface area contributed by atoms with E-state index in [4.69, 9.17) is 24.0 Å². The lowest BCUT2D eigenvalue weighted by atomic mass is 10.0. The van der Waals surface area contributed by atoms with Gasteiger partial charge in [0.25, 0.3) is 5.91 Å². The van der Waals surface area contributed by atoms with Crippen molar-refractivity contribution in [2.24, 2.45) is 0 Å². The monoisotopic (exact) mass is 535 g/mol. The number of amides is 3. The molecule has 4 atom stereocenters. The number of alkyl halides is 3. The van der Waals surface area contributed by atoms with Gasteiger partial charge >= 0.3 is 28.6 Å². The third kappa shape index (κ3) is 7.12. The summed E-state index contributed by atoms with van der Waals surface area (Å²) >= 11 is 0. The summed E-state index contributed by atoms with van der Waals surface area (Å²) in [6.45, 7) is 2.54. The fourth-order valence-electron chi connectivity index (χ4n) is 4.00. The SMILES string of the molecule is O=C(NOC[C@@H]1C[C@H](N2COC2)CN1)[C@@H]1CC[C@@H]2CN1C(=O)N2OS(=O)(=O)O.O=C(O)C(F)(F)F. The molecule has 4 N–H and O–H groups in total. The van der Waals surface area contributed by atoms with Gasteiger partial charge in [-0.3, -0.25) is 19.1 Å². The molecule has 0 aromatic carbocycles. The highest BCUT2D eigenvalue weighted by atomic mass is 32.3. The molecule has 0 spiro atoms. The first-order valence-electron chi connectivity index (χ1n) is 10.3. The minimum Gasteiger partial charge on any atom is -0.475 e. The Morgan fingerprint density at radius 1 is 1.23 bits per heavy atom. The average Bonchev–Trinajstić information content (AvgIpc) is 3.24. The van der Waals surface area contributed by atoms with Crippen LogP contribution in [0.2, 0.25) is 0 Å². The van der Waals surface area contributed by atoms with E-state index in [2.05, 4.69) is 20.0 Å². The number of halogens is 3. The van der Waals surface area contributed by atoms with Gasteiger partial charge in [0.15, 0.2) is 0 Å². The summed E-state index contributed by atoms with van der Waals surface area (Å²) in [6.07, 6.45) is -3.51. The quantitative estimate of drug-likeness (QED) is 0.222. The van der Waals surface area contributed by atoms with E-state index in [1.807, 2.05) is 0 Å². The maximum atomic E-state index is 12.4. The Morgan fingerprint density at radius 2 is 1.89 bits per heavy atom. The van der Waals surface area contributed by atoms with Gasteiger partial charge in [0.2, 0.25) is 0 Å². The number of urea groups is 1. The van der Waals surface area contributed by atoms with Crippen LogP contribution in [0, 0.1) is 0 Å². The topological polar surface area (TPSA) is 187 Å². The molecule has 200 valence electrons. The van der Waals surface area contributed by atoms with Crippen molar-refractivity contribution >= 4 is 28.3 Å². The highest BCUT2D eigenvalue weighted by molar-refractivity contribution is 7.80. The van der Waals surface area contributed by atoms with Crippen LogP contribution in [0.1, 0.15) is 19.3 Å². The van der Waals surface area contributed by atoms with Crippen molar-refractivity contribution in [1.29, 1.82) is 0 Å². The highest BCUT2D eigenvalue weighted by Crippen LogP contribution is 2.30. The van der Waals surface area contributed by atoms with Gasteiger partial charge in [-0.25, -0.2) is 15.1 Å². The number of nitrogens with zero attached hydrogens (tertiary/aromatic N) is 3. The van der Waals surface area contributed by atoms with E-state index in [1.165, 1.54) is 4.90 Å². The standard InChI is InChI=1S/C14H23N5O8S.C2HF3O2/c20-13(16-26-6-9-3-11(4-15-9)17-7-25-8-17)12-2-1-10-5-18(12)14(21)19(10)27-28(22,23)24;3-2(4,5)1(6)7/h9-12,15H,1-8H2,(H,16,20)(H,22,23,24);(H,6,7)/t9-,10+,11-,12-;/m0./s1. The van der Waals surface area contributed by atoms with E-state index in [0.29, 0.717) is 37.4 Å². The summed E-state index contributed by atoms with van der Waals surface area (Å²) in [7, 11) is -4.81. The van der Waals surface area contributed by atoms with Crippen molar-refractivity contribution in [2.75, 3.05) is 33.2 Å². The maximum absolute atomic E-state index is 12.4. The predicted molar refractivity (Wildman–Crippen MR) is 104 cm³/mol. The molecule has 4 fully saturated rings. The van der Waals surface area contributed by atoms with Gasteiger partial charge in [0.05, 0.1) is 12.6 Å². The van der Waals surface area contributed by atoms with Crippen LogP contribution in [-0.2, 0) is 33.8 Å². The third-order valence-electron chi connectivity index (χ3n) is 5.73. The van der Waals surface area contributed by atoms with Gasteiger partial charge < -0.3 is 20.1 Å². The second-order valence-corrected chi connectivity index (χ2v) is 9.14. The van der Waals surface area contributed by atoms with Crippen molar-refractivity contribution in [3.63, 3.8) is 0 Å². The molecule has 3 amide bonds. The van der Waals surface area contributed by atoms with Crippen LogP contribution in [-0.4, -0.2) is 114 Å². The third-order valence-corrected chi connectivity index (χ3v) is 6.08. The smallest absolute Gasteiger partial charge is 0.475 e. The molecular weight excluding hydrogens is 511 g/mol. The highest BCUT2D eigenvalue weighted by Gasteiger charge is 2.49. The lowest BCUT2D eigenvalue weighted by Crippen LogP contribution is -2.50. The number of carboxylic acid groups (broad SMARTS) is 1. The molecular formula is C16H24F3N5O10S. The second-order valence-electron chi connectivity index (χ2n) is 8.14. The Kier molecular flexibility index (Phi) is 8.40. The van der Waals surface area contributed by atoms with Crippen molar-refractivity contribution in [3.8, 4) is 0 Å². The summed E-state index contributed by atoms with van der Waals surface area (Å²) in [5.41, 5.74) is 2.38. The molecule has 0 aromatic heterocycles. The number of hydrogen-bond donors (Lipinski definition) is 4. The fourth-order valence-corrected chi connectivity index (χ4v) is 4.38. The summed E-state index contributed by atoms with van der Waals surface area (Å²) in [6, 6.07) is -1.61. The summed E-state index contributed by atoms with van der Waals surface area (Å²) in [5.74, 6) is -3.24. The van der Waals surface area contributed by atoms with Crippen molar-refractivity contribution < 1.29 is 59.5 Å². The lowest BCUT2D eigenvalue weighted by Gasteiger charge is -2.35. The molecule has 35 heavy (non-hydrogen) atoms. The van der Waals surface area contributed by atoms with E-state index in [-0.39, 0.29) is 19.2 Å². The first-order valence-corrected chi connectivity index (χ1v) is 11.7. The Hall–Kier alpha value is -2.29. The fraction of sp³-hybridized carbons (Fsp3) is 0.812. The molecule has 4 aliphatic rings. The summed E-state index contributed by atoms with van der Waals surface area (Å²) in [4.78, 5) is 42.4. The van der Waals surface area contributed by atoms with Crippen LogP contribution < -0.4 is 10.8 Å². The summed E-state index contributed by atoms with van der Waals surface area (Å²) in [5, 5.41) is 11.1. The maximum Gasteiger partial charge on any atom is 0.490 e. The van der Waals surface area contributed by atoms with E-state index >= 15 is 0 Å². The number of ether oxygens (including phenoxy) is 1. The Morgan fingerprint density at radius 3 is 2.43 bits per heavy atom. The molecule has 0 radical (unpaired) electrons. The van der Waals surface area contributed by atoms with Crippen LogP contribution in [0.25, 0.3) is 0 Å². The predicted octanol–water partition coefficient (Wildman–Crippen LogP) is -1.35. The number of hydroxylamine groups is 3. The minimum atomic E-state index is -5.08. The first kappa shape index (κ1) is 27.3. The van der Waals surface area contributed by atoms with Crippen LogP contribution >= 0.6 is 0 Å². The first-order chi connectivity index (χ1) is 16.3. The molecule has 0 aliphatic carbocycles. The molecule has 0 unspecified atom stereocenters. The van der Waals surface area contributed by atoms with Gasteiger partial charge in [-0.1, -0.05) is 0 Å². The molecule has 19 heteroatoms. The Balaban J connectivity index is 0.000000429. The van der Waals surface area contributed by atoms with Crippen LogP contribution in [0.5, 0.6) is 0 Å². The van der Waals surface area contributed by atoms with Crippen molar-refractivity contribution in [2.45, 2.75) is 49.6 Å². The summed E-state index contributed by atoms with van der Waals surface area (Å²) < 4.78 is 71.8. The van der Waals surface area contributed by atoms with Crippen LogP contribution in [0.3, 0.4) is 0 Å². The van der Waals surface area contributed by atoms with Gasteiger partial charge in [0, 0.05) is 25.2 Å². The average molecular weight is 535 g/mol. The van der Waals surface area contributed by atoms with Crippen LogP contribution in [0.15, 0.2) is 0 Å². The molecule has 15 nitrogen and oxygen atoms in total. The van der Waals surface area contributed by atoms with E-state index in [9.17, 15) is 31.2 Å². The number of piperidine rings is 1. The molecule has 0 aromatic rings. The number of carbonyl (C=O) groups excluding carboxylic acids is 2. The number of nitrogens with one attached hydrogen (secondary N) is 2. The zero-order chi connectivity index (χ0) is 26.0. The number of rotatable bonds is 7. The normalized spacial score (nSPS) is 28.9. The number of carbonyl (C=O) groups is 3. The Labute approximate surface area is 196 Å². The molecule has 0 saturated carbocycles. The van der Waals surface area contributed by atoms with Gasteiger partial charge in [-0.15, -0.1) is 4.28 Å². The minimum absolute atomic E-state index is 0.105. The number of hydrogen-bond acceptors (Lipinski definition) is 10. The largest absolute Gasteiger partial charge is 0.490 e. The van der Waals surface area contributed by atoms with E-state index in [1.54, 1.807) is 0 Å². The zero-order valence-electron chi connectivity index (χ0n) is 18.0. The number of carboxylic acids is 1. The van der Waals surface area contributed by atoms with Gasteiger partial charge in [-0.2, -0.15) is 26.7 Å². The molecule has 4 saturated heterocycles. The van der Waals surface area contributed by atoms with Gasteiger partial charge in [0.1, 0.15) is 19.5 Å². The van der Waals surface area contributed by atoms with Gasteiger partial charge in [-0.05, 0) is 19.3 Å². The number of aliphatic carboxylic acids is 1. The second kappa shape index (κ2) is 10.8. The molecule has 4 rings (SSSR count). The zero-order valence-corrected chi connectivity index (χ0v) is 18.8. The molecule has 4 aliphatic heterocycles. The molecule has 4 heterocycles. The number of fused-ring (bicyclic) bond motifs is 2. The van der Waals surface area contributed by atoms with Crippen LogP contribution in [0.4, 0.5) is 18.0 Å². The lowest BCUT2D eigenvalue weighted by molar-refractivity contribution is -0.192. The van der Waals surface area contributed by atoms with Crippen molar-refractivity contribution in [1.82, 2.24) is 25.7 Å². The molecule has 2 bridgehead atoms. The Bertz CT molecular complexity index is 918.